The molecule has 3 aromatic carbocycles. The maximum absolute atomic E-state index is 12.7. The smallest absolute Gasteiger partial charge is 0.238 e. The number of nitrogens with one attached hydrogen (secondary N) is 1. The van der Waals surface area contributed by atoms with E-state index in [0.29, 0.717) is 23.7 Å². The van der Waals surface area contributed by atoms with Gasteiger partial charge in [-0.25, -0.2) is 4.68 Å². The van der Waals surface area contributed by atoms with Crippen LogP contribution in [-0.4, -0.2) is 48.4 Å². The predicted octanol–water partition coefficient (Wildman–Crippen LogP) is 4.63. The van der Waals surface area contributed by atoms with Crippen molar-refractivity contribution in [1.82, 2.24) is 14.7 Å². The number of hydrogen-bond acceptors (Lipinski definition) is 5. The molecule has 0 aliphatic heterocycles. The zero-order valence-corrected chi connectivity index (χ0v) is 19.6. The van der Waals surface area contributed by atoms with Crippen molar-refractivity contribution in [1.29, 1.82) is 0 Å². The molecule has 34 heavy (non-hydrogen) atoms. The number of benzene rings is 3. The Morgan fingerprint density at radius 2 is 1.56 bits per heavy atom. The summed E-state index contributed by atoms with van der Waals surface area (Å²) >= 11 is 0. The second kappa shape index (κ2) is 10.7. The van der Waals surface area contributed by atoms with Crippen molar-refractivity contribution in [3.63, 3.8) is 0 Å². The summed E-state index contributed by atoms with van der Waals surface area (Å²) in [7, 11) is 5.07. The molecule has 7 nitrogen and oxygen atoms in total. The summed E-state index contributed by atoms with van der Waals surface area (Å²) in [5.74, 6) is 1.10. The molecule has 0 bridgehead atoms. The molecule has 0 aliphatic rings. The van der Waals surface area contributed by atoms with Crippen LogP contribution in [-0.2, 0) is 11.3 Å². The summed E-state index contributed by atoms with van der Waals surface area (Å²) in [5, 5.41) is 7.77. The van der Waals surface area contributed by atoms with Crippen LogP contribution in [0.25, 0.3) is 16.9 Å². The average molecular weight is 457 g/mol. The summed E-state index contributed by atoms with van der Waals surface area (Å²) in [6.45, 7) is 0.774. The highest BCUT2D eigenvalue weighted by atomic mass is 16.5. The summed E-state index contributed by atoms with van der Waals surface area (Å²) < 4.78 is 12.4. The minimum absolute atomic E-state index is 0.130. The summed E-state index contributed by atoms with van der Waals surface area (Å²) in [6.07, 6.45) is 2.03. The summed E-state index contributed by atoms with van der Waals surface area (Å²) in [4.78, 5) is 14.7. The molecule has 0 unspecified atom stereocenters. The van der Waals surface area contributed by atoms with Crippen molar-refractivity contribution in [3.8, 4) is 28.4 Å². The maximum Gasteiger partial charge on any atom is 0.238 e. The van der Waals surface area contributed by atoms with E-state index in [0.717, 1.165) is 22.5 Å². The van der Waals surface area contributed by atoms with Gasteiger partial charge in [0.15, 0.2) is 0 Å². The summed E-state index contributed by atoms with van der Waals surface area (Å²) in [6, 6.07) is 25.4. The first-order chi connectivity index (χ1) is 16.6. The van der Waals surface area contributed by atoms with Gasteiger partial charge in [-0.05, 0) is 19.2 Å². The highest BCUT2D eigenvalue weighted by molar-refractivity contribution is 5.92. The molecule has 4 aromatic rings. The van der Waals surface area contributed by atoms with Gasteiger partial charge in [0.05, 0.1) is 32.1 Å². The lowest BCUT2D eigenvalue weighted by Crippen LogP contribution is -2.29. The number of hydrogen-bond donors (Lipinski definition) is 1. The van der Waals surface area contributed by atoms with Crippen LogP contribution in [0.15, 0.2) is 85.1 Å². The molecule has 0 fully saturated rings. The van der Waals surface area contributed by atoms with Crippen LogP contribution in [0.1, 0.15) is 5.56 Å². The molecule has 0 saturated heterocycles. The fraction of sp³-hybridized carbons (Fsp3) is 0.185. The molecule has 4 rings (SSSR count). The van der Waals surface area contributed by atoms with E-state index in [1.165, 1.54) is 0 Å². The Morgan fingerprint density at radius 3 is 2.18 bits per heavy atom. The number of likely N-dealkylation sites (N-methyl/N-ethyl adjacent to an activating group) is 1. The lowest BCUT2D eigenvalue weighted by atomic mass is 10.1. The Balaban J connectivity index is 1.50. The monoisotopic (exact) mass is 456 g/mol. The number of para-hydroxylation sites is 1. The topological polar surface area (TPSA) is 68.6 Å². The molecule has 0 aliphatic carbocycles. The van der Waals surface area contributed by atoms with Gasteiger partial charge in [0.2, 0.25) is 5.91 Å². The molecule has 1 N–H and O–H groups in total. The fourth-order valence-corrected chi connectivity index (χ4v) is 3.75. The highest BCUT2D eigenvalue weighted by Crippen LogP contribution is 2.26. The molecule has 0 saturated carbocycles. The SMILES string of the molecule is COc1cc(NC(=O)CN(C)Cc2cn(-c3ccccc3)nc2-c2ccccc2)cc(OC)c1. The van der Waals surface area contributed by atoms with Crippen molar-refractivity contribution >= 4 is 11.6 Å². The number of ether oxygens (including phenoxy) is 2. The Labute approximate surface area is 199 Å². The van der Waals surface area contributed by atoms with E-state index in [1.807, 2.05) is 83.5 Å². The first-order valence-corrected chi connectivity index (χ1v) is 11.0. The van der Waals surface area contributed by atoms with E-state index in [2.05, 4.69) is 5.32 Å². The van der Waals surface area contributed by atoms with Crippen molar-refractivity contribution < 1.29 is 14.3 Å². The van der Waals surface area contributed by atoms with E-state index in [4.69, 9.17) is 14.6 Å². The second-order valence-corrected chi connectivity index (χ2v) is 7.97. The van der Waals surface area contributed by atoms with E-state index in [9.17, 15) is 4.79 Å². The Morgan fingerprint density at radius 1 is 0.941 bits per heavy atom. The van der Waals surface area contributed by atoms with Gasteiger partial charge in [-0.3, -0.25) is 9.69 Å². The number of aromatic nitrogens is 2. The van der Waals surface area contributed by atoms with Crippen LogP contribution < -0.4 is 14.8 Å². The molecule has 7 heteroatoms. The van der Waals surface area contributed by atoms with Gasteiger partial charge in [0, 0.05) is 47.8 Å². The molecule has 1 heterocycles. The maximum atomic E-state index is 12.7. The van der Waals surface area contributed by atoms with Crippen LogP contribution in [0.3, 0.4) is 0 Å². The molecule has 1 aromatic heterocycles. The van der Waals surface area contributed by atoms with Crippen LogP contribution in [0.2, 0.25) is 0 Å². The number of rotatable bonds is 9. The first-order valence-electron chi connectivity index (χ1n) is 11.0. The van der Waals surface area contributed by atoms with Gasteiger partial charge in [-0.2, -0.15) is 5.10 Å². The van der Waals surface area contributed by atoms with E-state index in [-0.39, 0.29) is 12.5 Å². The van der Waals surface area contributed by atoms with E-state index >= 15 is 0 Å². The van der Waals surface area contributed by atoms with E-state index in [1.54, 1.807) is 32.4 Å². The van der Waals surface area contributed by atoms with Gasteiger partial charge < -0.3 is 14.8 Å². The molecular weight excluding hydrogens is 428 g/mol. The third-order valence-corrected chi connectivity index (χ3v) is 5.35. The molecule has 0 radical (unpaired) electrons. The van der Waals surface area contributed by atoms with Crippen molar-refractivity contribution in [3.05, 3.63) is 90.6 Å². The molecule has 0 atom stereocenters. The zero-order chi connectivity index (χ0) is 23.9. The van der Waals surface area contributed by atoms with Gasteiger partial charge in [-0.15, -0.1) is 0 Å². The average Bonchev–Trinajstić information content (AvgIpc) is 3.28. The number of amides is 1. The minimum atomic E-state index is -0.130. The lowest BCUT2D eigenvalue weighted by Gasteiger charge is -2.17. The Bertz CT molecular complexity index is 1220. The third-order valence-electron chi connectivity index (χ3n) is 5.35. The van der Waals surface area contributed by atoms with Crippen LogP contribution >= 0.6 is 0 Å². The normalized spacial score (nSPS) is 10.8. The largest absolute Gasteiger partial charge is 0.497 e. The van der Waals surface area contributed by atoms with Crippen molar-refractivity contribution in [2.45, 2.75) is 6.54 Å². The summed E-state index contributed by atoms with van der Waals surface area (Å²) in [5.41, 5.74) is 4.57. The standard InChI is InChI=1S/C27H28N4O3/c1-30(19-26(32)28-22-14-24(33-2)16-25(15-22)34-3)17-21-18-31(23-12-8-5-9-13-23)29-27(21)20-10-6-4-7-11-20/h4-16,18H,17,19H2,1-3H3,(H,28,32). The molecule has 174 valence electrons. The second-order valence-electron chi connectivity index (χ2n) is 7.97. The van der Waals surface area contributed by atoms with Crippen molar-refractivity contribution in [2.75, 3.05) is 33.1 Å². The van der Waals surface area contributed by atoms with Gasteiger partial charge in [-0.1, -0.05) is 48.5 Å². The first kappa shape index (κ1) is 23.1. The number of carbonyl (C=O) groups is 1. The van der Waals surface area contributed by atoms with Gasteiger partial charge in [0.25, 0.3) is 0 Å². The van der Waals surface area contributed by atoms with Gasteiger partial charge in [0.1, 0.15) is 11.5 Å². The fourth-order valence-electron chi connectivity index (χ4n) is 3.75. The minimum Gasteiger partial charge on any atom is -0.497 e. The van der Waals surface area contributed by atoms with E-state index < -0.39 is 0 Å². The quantitative estimate of drug-likeness (QED) is 0.398. The number of nitrogens with zero attached hydrogens (tertiary/aromatic N) is 3. The van der Waals surface area contributed by atoms with Gasteiger partial charge >= 0.3 is 0 Å². The number of carbonyl (C=O) groups excluding carboxylic acids is 1. The molecular formula is C27H28N4O3. The Kier molecular flexibility index (Phi) is 7.25. The third kappa shape index (κ3) is 5.63. The van der Waals surface area contributed by atoms with Crippen molar-refractivity contribution in [2.24, 2.45) is 0 Å². The highest BCUT2D eigenvalue weighted by Gasteiger charge is 2.16. The van der Waals surface area contributed by atoms with Crippen LogP contribution in [0, 0.1) is 0 Å². The Hall–Kier alpha value is -4.10. The lowest BCUT2D eigenvalue weighted by molar-refractivity contribution is -0.117. The predicted molar refractivity (Wildman–Crippen MR) is 134 cm³/mol. The number of methoxy groups -OCH3 is 2. The van der Waals surface area contributed by atoms with Crippen LogP contribution in [0.5, 0.6) is 11.5 Å². The number of anilines is 1. The molecule has 1 amide bonds. The zero-order valence-electron chi connectivity index (χ0n) is 19.6. The molecule has 0 spiro atoms. The van der Waals surface area contributed by atoms with Crippen LogP contribution in [0.4, 0.5) is 5.69 Å².